The molecule has 0 spiro atoms. The van der Waals surface area contributed by atoms with Crippen LogP contribution < -0.4 is 5.73 Å². The van der Waals surface area contributed by atoms with E-state index in [2.05, 4.69) is 13.8 Å². The third-order valence-electron chi connectivity index (χ3n) is 3.26. The molecule has 1 fully saturated rings. The first-order valence-electron chi connectivity index (χ1n) is 4.87. The molecule has 66 valence electrons. The lowest BCUT2D eigenvalue weighted by molar-refractivity contribution is 0.203. The summed E-state index contributed by atoms with van der Waals surface area (Å²) in [6.45, 7) is 5.62. The van der Waals surface area contributed by atoms with Gasteiger partial charge in [-0.25, -0.2) is 0 Å². The predicted molar refractivity (Wildman–Crippen MR) is 49.4 cm³/mol. The Labute approximate surface area is 70.4 Å². The number of hydrogen-bond donors (Lipinski definition) is 1. The van der Waals surface area contributed by atoms with Crippen LogP contribution in [0, 0.1) is 11.3 Å². The molecule has 1 saturated carbocycles. The summed E-state index contributed by atoms with van der Waals surface area (Å²) in [5, 5.41) is 0. The zero-order valence-corrected chi connectivity index (χ0v) is 7.90. The van der Waals surface area contributed by atoms with Gasteiger partial charge in [0.15, 0.2) is 0 Å². The lowest BCUT2D eigenvalue weighted by Gasteiger charge is -2.31. The highest BCUT2D eigenvalue weighted by molar-refractivity contribution is 4.81. The van der Waals surface area contributed by atoms with Crippen molar-refractivity contribution in [3.63, 3.8) is 0 Å². The second-order valence-electron chi connectivity index (χ2n) is 4.52. The normalized spacial score (nSPS) is 31.4. The van der Waals surface area contributed by atoms with Crippen LogP contribution in [-0.2, 0) is 0 Å². The van der Waals surface area contributed by atoms with Crippen LogP contribution in [0.25, 0.3) is 0 Å². The predicted octanol–water partition coefficient (Wildman–Crippen LogP) is 2.55. The molecule has 1 unspecified atom stereocenters. The van der Waals surface area contributed by atoms with Crippen molar-refractivity contribution < 1.29 is 0 Å². The first-order chi connectivity index (χ1) is 5.17. The monoisotopic (exact) mass is 155 g/mol. The fraction of sp³-hybridized carbons (Fsp3) is 1.00. The Balaban J connectivity index is 2.56. The van der Waals surface area contributed by atoms with Gasteiger partial charge in [-0.1, -0.05) is 33.1 Å². The summed E-state index contributed by atoms with van der Waals surface area (Å²) >= 11 is 0. The van der Waals surface area contributed by atoms with Gasteiger partial charge in [-0.05, 0) is 30.7 Å². The third-order valence-corrected chi connectivity index (χ3v) is 3.26. The summed E-state index contributed by atoms with van der Waals surface area (Å²) in [7, 11) is 0. The molecule has 1 aliphatic carbocycles. The van der Waals surface area contributed by atoms with E-state index in [4.69, 9.17) is 5.73 Å². The maximum atomic E-state index is 5.75. The fourth-order valence-corrected chi connectivity index (χ4v) is 2.18. The second kappa shape index (κ2) is 3.57. The first kappa shape index (κ1) is 9.05. The molecule has 0 aromatic carbocycles. The van der Waals surface area contributed by atoms with E-state index in [1.807, 2.05) is 0 Å². The number of hydrogen-bond acceptors (Lipinski definition) is 1. The molecule has 1 nitrogen and oxygen atoms in total. The highest BCUT2D eigenvalue weighted by Crippen LogP contribution is 2.38. The van der Waals surface area contributed by atoms with Gasteiger partial charge in [0.25, 0.3) is 0 Å². The molecule has 0 heterocycles. The Morgan fingerprint density at radius 2 is 2.00 bits per heavy atom. The van der Waals surface area contributed by atoms with Crippen LogP contribution in [0.1, 0.15) is 46.0 Å². The molecule has 0 aromatic rings. The molecule has 11 heavy (non-hydrogen) atoms. The van der Waals surface area contributed by atoms with Crippen LogP contribution in [-0.4, -0.2) is 6.54 Å². The van der Waals surface area contributed by atoms with Crippen LogP contribution in [0.2, 0.25) is 0 Å². The molecule has 0 bridgehead atoms. The van der Waals surface area contributed by atoms with Crippen molar-refractivity contribution in [2.24, 2.45) is 17.1 Å². The van der Waals surface area contributed by atoms with Crippen molar-refractivity contribution in [2.45, 2.75) is 46.0 Å². The van der Waals surface area contributed by atoms with Gasteiger partial charge in [0.05, 0.1) is 0 Å². The van der Waals surface area contributed by atoms with E-state index in [0.29, 0.717) is 5.41 Å². The molecule has 0 aromatic heterocycles. The maximum absolute atomic E-state index is 5.75. The van der Waals surface area contributed by atoms with E-state index in [0.717, 1.165) is 12.5 Å². The van der Waals surface area contributed by atoms with Crippen molar-refractivity contribution >= 4 is 0 Å². The Kier molecular flexibility index (Phi) is 2.94. The van der Waals surface area contributed by atoms with Crippen molar-refractivity contribution in [3.8, 4) is 0 Å². The smallest absolute Gasteiger partial charge is 0.00438 e. The Hall–Kier alpha value is -0.0400. The highest BCUT2D eigenvalue weighted by Gasteiger charge is 2.29. The first-order valence-corrected chi connectivity index (χ1v) is 4.87. The zero-order valence-electron chi connectivity index (χ0n) is 7.90. The largest absolute Gasteiger partial charge is 0.330 e. The van der Waals surface area contributed by atoms with Gasteiger partial charge in [0, 0.05) is 0 Å². The van der Waals surface area contributed by atoms with E-state index in [-0.39, 0.29) is 0 Å². The van der Waals surface area contributed by atoms with E-state index in [9.17, 15) is 0 Å². The molecule has 0 aliphatic heterocycles. The summed E-state index contributed by atoms with van der Waals surface area (Å²) in [6.07, 6.45) is 6.94. The van der Waals surface area contributed by atoms with Crippen LogP contribution in [0.15, 0.2) is 0 Å². The molecule has 1 rings (SSSR count). The Morgan fingerprint density at radius 1 is 1.27 bits per heavy atom. The topological polar surface area (TPSA) is 26.0 Å². The van der Waals surface area contributed by atoms with Crippen LogP contribution in [0.4, 0.5) is 0 Å². The van der Waals surface area contributed by atoms with Gasteiger partial charge in [0.1, 0.15) is 0 Å². The molecule has 1 aliphatic rings. The summed E-state index contributed by atoms with van der Waals surface area (Å²) in [4.78, 5) is 0. The van der Waals surface area contributed by atoms with Crippen LogP contribution >= 0.6 is 0 Å². The van der Waals surface area contributed by atoms with Gasteiger partial charge in [-0.15, -0.1) is 0 Å². The van der Waals surface area contributed by atoms with E-state index >= 15 is 0 Å². The van der Waals surface area contributed by atoms with Crippen molar-refractivity contribution in [1.82, 2.24) is 0 Å². The number of nitrogens with two attached hydrogens (primary N) is 1. The van der Waals surface area contributed by atoms with Gasteiger partial charge in [-0.2, -0.15) is 0 Å². The standard InChI is InChI=1S/C10H21N/c1-10(2)7-5-3-4-6-9(10)8-11/h9H,3-8,11H2,1-2H3. The quantitative estimate of drug-likeness (QED) is 0.579. The van der Waals surface area contributed by atoms with E-state index < -0.39 is 0 Å². The summed E-state index contributed by atoms with van der Waals surface area (Å²) in [5.74, 6) is 0.769. The molecule has 0 radical (unpaired) electrons. The van der Waals surface area contributed by atoms with Crippen molar-refractivity contribution in [1.29, 1.82) is 0 Å². The third kappa shape index (κ3) is 2.19. The summed E-state index contributed by atoms with van der Waals surface area (Å²) in [5.41, 5.74) is 6.25. The minimum absolute atomic E-state index is 0.505. The molecular weight excluding hydrogens is 134 g/mol. The molecule has 0 saturated heterocycles. The SMILES string of the molecule is CC1(C)CCCCCC1CN. The maximum Gasteiger partial charge on any atom is -0.00438 e. The zero-order chi connectivity index (χ0) is 8.32. The Bertz CT molecular complexity index is 118. The second-order valence-corrected chi connectivity index (χ2v) is 4.52. The minimum Gasteiger partial charge on any atom is -0.330 e. The average molecular weight is 155 g/mol. The van der Waals surface area contributed by atoms with Gasteiger partial charge >= 0.3 is 0 Å². The Morgan fingerprint density at radius 3 is 2.64 bits per heavy atom. The summed E-state index contributed by atoms with van der Waals surface area (Å²) in [6, 6.07) is 0. The highest BCUT2D eigenvalue weighted by atomic mass is 14.6. The molecule has 1 atom stereocenters. The van der Waals surface area contributed by atoms with Crippen molar-refractivity contribution in [3.05, 3.63) is 0 Å². The molecule has 2 N–H and O–H groups in total. The molecular formula is C10H21N. The van der Waals surface area contributed by atoms with Gasteiger partial charge < -0.3 is 5.73 Å². The molecule has 0 amide bonds. The van der Waals surface area contributed by atoms with Gasteiger partial charge in [0.2, 0.25) is 0 Å². The number of rotatable bonds is 1. The van der Waals surface area contributed by atoms with E-state index in [1.165, 1.54) is 32.1 Å². The minimum atomic E-state index is 0.505. The lowest BCUT2D eigenvalue weighted by Crippen LogP contribution is -2.29. The van der Waals surface area contributed by atoms with E-state index in [1.54, 1.807) is 0 Å². The van der Waals surface area contributed by atoms with Gasteiger partial charge in [-0.3, -0.25) is 0 Å². The molecule has 1 heteroatoms. The fourth-order valence-electron chi connectivity index (χ4n) is 2.18. The van der Waals surface area contributed by atoms with Crippen LogP contribution in [0.3, 0.4) is 0 Å². The average Bonchev–Trinajstić information content (AvgIpc) is 2.10. The lowest BCUT2D eigenvalue weighted by atomic mass is 9.75. The van der Waals surface area contributed by atoms with Crippen LogP contribution in [0.5, 0.6) is 0 Å². The van der Waals surface area contributed by atoms with Crippen molar-refractivity contribution in [2.75, 3.05) is 6.54 Å². The summed E-state index contributed by atoms with van der Waals surface area (Å²) < 4.78 is 0.